The topological polar surface area (TPSA) is 53.6 Å². The van der Waals surface area contributed by atoms with Gasteiger partial charge in [-0.1, -0.05) is 0 Å². The molecule has 3 aromatic rings. The lowest BCUT2D eigenvalue weighted by molar-refractivity contribution is 0.462. The molecule has 96 valence electrons. The van der Waals surface area contributed by atoms with E-state index in [0.717, 1.165) is 24.3 Å². The average molecular weight is 252 g/mol. The first-order valence-corrected chi connectivity index (χ1v) is 6.85. The van der Waals surface area contributed by atoms with Gasteiger partial charge in [0.1, 0.15) is 0 Å². The number of aromatic amines is 1. The van der Waals surface area contributed by atoms with Crippen LogP contribution in [0.15, 0.2) is 30.7 Å². The molecule has 0 aromatic carbocycles. The van der Waals surface area contributed by atoms with Crippen LogP contribution in [-0.2, 0) is 0 Å². The largest absolute Gasteiger partial charge is 0.360 e. The Kier molecular flexibility index (Phi) is 2.48. The number of aromatic nitrogens is 3. The smallest absolute Gasteiger partial charge is 0.159 e. The Bertz CT molecular complexity index is 725. The lowest BCUT2D eigenvalue weighted by atomic mass is 9.88. The molecule has 0 aliphatic carbocycles. The summed E-state index contributed by atoms with van der Waals surface area (Å²) < 4.78 is 0. The van der Waals surface area contributed by atoms with Gasteiger partial charge in [0.2, 0.25) is 0 Å². The lowest BCUT2D eigenvalue weighted by Crippen LogP contribution is -2.26. The summed E-state index contributed by atoms with van der Waals surface area (Å²) >= 11 is 0. The van der Waals surface area contributed by atoms with Gasteiger partial charge in [-0.15, -0.1) is 0 Å². The van der Waals surface area contributed by atoms with Gasteiger partial charge in [-0.3, -0.25) is 0 Å². The predicted octanol–water partition coefficient (Wildman–Crippen LogP) is 2.58. The van der Waals surface area contributed by atoms with Crippen LogP contribution in [-0.4, -0.2) is 28.0 Å². The van der Waals surface area contributed by atoms with Crippen LogP contribution in [0.4, 0.5) is 0 Å². The summed E-state index contributed by atoms with van der Waals surface area (Å²) in [6.45, 7) is 2.22. The molecule has 0 unspecified atom stereocenters. The molecular weight excluding hydrogens is 236 g/mol. The Hall–Kier alpha value is -1.94. The Labute approximate surface area is 111 Å². The summed E-state index contributed by atoms with van der Waals surface area (Å²) in [6, 6.07) is 4.30. The third-order valence-corrected chi connectivity index (χ3v) is 4.10. The highest BCUT2D eigenvalue weighted by atomic mass is 14.9. The molecule has 1 aliphatic heterocycles. The van der Waals surface area contributed by atoms with Crippen molar-refractivity contribution in [3.8, 4) is 0 Å². The van der Waals surface area contributed by atoms with Crippen LogP contribution in [0.1, 0.15) is 24.3 Å². The average Bonchev–Trinajstić information content (AvgIpc) is 2.96. The third kappa shape index (κ3) is 1.71. The number of hydrogen-bond acceptors (Lipinski definition) is 3. The molecule has 0 radical (unpaired) electrons. The van der Waals surface area contributed by atoms with Crippen molar-refractivity contribution in [2.45, 2.75) is 18.8 Å². The fourth-order valence-electron chi connectivity index (χ4n) is 3.16. The maximum Gasteiger partial charge on any atom is 0.159 e. The van der Waals surface area contributed by atoms with Gasteiger partial charge in [0.05, 0.1) is 11.7 Å². The zero-order valence-electron chi connectivity index (χ0n) is 10.7. The van der Waals surface area contributed by atoms with E-state index in [-0.39, 0.29) is 0 Å². The molecule has 3 aromatic heterocycles. The molecule has 1 saturated heterocycles. The Balaban J connectivity index is 2.00. The summed E-state index contributed by atoms with van der Waals surface area (Å²) in [5.41, 5.74) is 3.40. The standard InChI is InChI=1S/C15H16N4/c1-5-16-6-2-10(1)11-3-7-17-13-9-19-15-12(14(11)13)4-8-18-15/h3-4,7-10,16-17H,1-2,5-6H2. The van der Waals surface area contributed by atoms with Crippen LogP contribution in [0.2, 0.25) is 0 Å². The second-order valence-electron chi connectivity index (χ2n) is 5.19. The molecule has 2 N–H and O–H groups in total. The molecule has 0 bridgehead atoms. The molecule has 0 atom stereocenters. The van der Waals surface area contributed by atoms with E-state index in [2.05, 4.69) is 32.4 Å². The van der Waals surface area contributed by atoms with Gasteiger partial charge in [0, 0.05) is 23.2 Å². The number of H-pyrrole nitrogens is 1. The number of pyridine rings is 2. The Morgan fingerprint density at radius 3 is 2.89 bits per heavy atom. The van der Waals surface area contributed by atoms with Crippen molar-refractivity contribution in [1.82, 2.24) is 20.3 Å². The van der Waals surface area contributed by atoms with E-state index in [1.54, 1.807) is 0 Å². The van der Waals surface area contributed by atoms with E-state index in [1.807, 2.05) is 18.6 Å². The van der Waals surface area contributed by atoms with E-state index in [1.165, 1.54) is 29.2 Å². The maximum atomic E-state index is 4.40. The molecule has 19 heavy (non-hydrogen) atoms. The normalized spacial score (nSPS) is 17.3. The first-order chi connectivity index (χ1) is 9.43. The molecule has 0 amide bonds. The molecular formula is C15H16N4. The van der Waals surface area contributed by atoms with Crippen LogP contribution in [0.3, 0.4) is 0 Å². The van der Waals surface area contributed by atoms with Gasteiger partial charge in [0.15, 0.2) is 5.65 Å². The quantitative estimate of drug-likeness (QED) is 0.700. The van der Waals surface area contributed by atoms with Crippen LogP contribution in [0.5, 0.6) is 0 Å². The number of fused-ring (bicyclic) bond motifs is 3. The summed E-state index contributed by atoms with van der Waals surface area (Å²) in [6.07, 6.45) is 8.18. The van der Waals surface area contributed by atoms with Gasteiger partial charge >= 0.3 is 0 Å². The molecule has 1 aliphatic rings. The first-order valence-electron chi connectivity index (χ1n) is 6.85. The third-order valence-electron chi connectivity index (χ3n) is 4.10. The number of nitrogens with one attached hydrogen (secondary N) is 2. The molecule has 4 rings (SSSR count). The van der Waals surface area contributed by atoms with Crippen molar-refractivity contribution < 1.29 is 0 Å². The monoisotopic (exact) mass is 252 g/mol. The van der Waals surface area contributed by atoms with Gasteiger partial charge in [-0.05, 0) is 49.5 Å². The van der Waals surface area contributed by atoms with Crippen LogP contribution < -0.4 is 5.32 Å². The number of hydrogen-bond donors (Lipinski definition) is 2. The predicted molar refractivity (Wildman–Crippen MR) is 76.2 cm³/mol. The SMILES string of the molecule is c1cc2c(n1)ncc1[nH]ccc(C3CCNCC3)c12. The second-order valence-corrected chi connectivity index (χ2v) is 5.19. The van der Waals surface area contributed by atoms with Crippen molar-refractivity contribution in [3.05, 3.63) is 36.3 Å². The van der Waals surface area contributed by atoms with Crippen molar-refractivity contribution in [3.63, 3.8) is 0 Å². The van der Waals surface area contributed by atoms with Crippen LogP contribution in [0.25, 0.3) is 21.9 Å². The molecule has 1 fully saturated rings. The molecule has 0 spiro atoms. The summed E-state index contributed by atoms with van der Waals surface area (Å²) in [5.74, 6) is 0.638. The van der Waals surface area contributed by atoms with E-state index in [0.29, 0.717) is 5.92 Å². The molecule has 4 heterocycles. The van der Waals surface area contributed by atoms with Crippen molar-refractivity contribution >= 4 is 21.9 Å². The first kappa shape index (κ1) is 10.9. The maximum absolute atomic E-state index is 4.40. The van der Waals surface area contributed by atoms with Crippen molar-refractivity contribution in [2.75, 3.05) is 13.1 Å². The summed E-state index contributed by atoms with van der Waals surface area (Å²) in [5, 5.41) is 5.90. The van der Waals surface area contributed by atoms with Crippen molar-refractivity contribution in [2.24, 2.45) is 0 Å². The Morgan fingerprint density at radius 1 is 1.11 bits per heavy atom. The highest BCUT2D eigenvalue weighted by molar-refractivity contribution is 6.05. The molecule has 4 heteroatoms. The highest BCUT2D eigenvalue weighted by Gasteiger charge is 2.19. The fourth-order valence-corrected chi connectivity index (χ4v) is 3.16. The minimum Gasteiger partial charge on any atom is -0.360 e. The summed E-state index contributed by atoms with van der Waals surface area (Å²) in [7, 11) is 0. The number of rotatable bonds is 1. The zero-order chi connectivity index (χ0) is 12.7. The number of piperidine rings is 1. The molecule has 0 saturated carbocycles. The van der Waals surface area contributed by atoms with E-state index in [4.69, 9.17) is 0 Å². The fraction of sp³-hybridized carbons (Fsp3) is 0.333. The Morgan fingerprint density at radius 2 is 2.00 bits per heavy atom. The van der Waals surface area contributed by atoms with Crippen molar-refractivity contribution in [1.29, 1.82) is 0 Å². The van der Waals surface area contributed by atoms with Gasteiger partial charge in [0.25, 0.3) is 0 Å². The lowest BCUT2D eigenvalue weighted by Gasteiger charge is -2.24. The van der Waals surface area contributed by atoms with Gasteiger partial charge in [-0.2, -0.15) is 0 Å². The van der Waals surface area contributed by atoms with Crippen LogP contribution >= 0.6 is 0 Å². The van der Waals surface area contributed by atoms with E-state index in [9.17, 15) is 0 Å². The highest BCUT2D eigenvalue weighted by Crippen LogP contribution is 2.33. The van der Waals surface area contributed by atoms with E-state index < -0.39 is 0 Å². The number of nitrogens with zero attached hydrogens (tertiary/aromatic N) is 2. The van der Waals surface area contributed by atoms with Gasteiger partial charge < -0.3 is 10.3 Å². The zero-order valence-corrected chi connectivity index (χ0v) is 10.7. The second kappa shape index (κ2) is 4.31. The summed E-state index contributed by atoms with van der Waals surface area (Å²) in [4.78, 5) is 12.0. The molecule has 4 nitrogen and oxygen atoms in total. The van der Waals surface area contributed by atoms with E-state index >= 15 is 0 Å². The van der Waals surface area contributed by atoms with Crippen LogP contribution in [0, 0.1) is 0 Å². The minimum absolute atomic E-state index is 0.638. The van der Waals surface area contributed by atoms with Gasteiger partial charge in [-0.25, -0.2) is 9.97 Å². The minimum atomic E-state index is 0.638.